The van der Waals surface area contributed by atoms with Gasteiger partial charge < -0.3 is 5.32 Å². The van der Waals surface area contributed by atoms with Crippen molar-refractivity contribution >= 4 is 28.5 Å². The molecular formula is C11H14IN5. The first kappa shape index (κ1) is 12.3. The third-order valence-electron chi connectivity index (χ3n) is 2.25. The van der Waals surface area contributed by atoms with Crippen molar-refractivity contribution in [2.45, 2.75) is 20.3 Å². The minimum absolute atomic E-state index is 0.651. The van der Waals surface area contributed by atoms with E-state index in [2.05, 4.69) is 49.9 Å². The summed E-state index contributed by atoms with van der Waals surface area (Å²) in [5.41, 5.74) is 1.01. The second-order valence-electron chi connectivity index (χ2n) is 3.73. The number of nitrogens with zero attached hydrogens (tertiary/aromatic N) is 4. The van der Waals surface area contributed by atoms with Gasteiger partial charge in [0.25, 0.3) is 0 Å². The van der Waals surface area contributed by atoms with Crippen LogP contribution in [0.25, 0.3) is 5.82 Å². The molecule has 0 unspecified atom stereocenters. The molecule has 0 aliphatic heterocycles. The van der Waals surface area contributed by atoms with E-state index in [1.807, 2.05) is 19.3 Å². The van der Waals surface area contributed by atoms with Crippen LogP contribution in [0.2, 0.25) is 0 Å². The molecule has 1 N–H and O–H groups in total. The molecule has 0 saturated heterocycles. The van der Waals surface area contributed by atoms with Crippen molar-refractivity contribution in [3.63, 3.8) is 0 Å². The monoisotopic (exact) mass is 343 g/mol. The van der Waals surface area contributed by atoms with Crippen LogP contribution < -0.4 is 5.32 Å². The van der Waals surface area contributed by atoms with Gasteiger partial charge in [-0.2, -0.15) is 10.1 Å². The van der Waals surface area contributed by atoms with Gasteiger partial charge in [-0.25, -0.2) is 9.67 Å². The van der Waals surface area contributed by atoms with Crippen molar-refractivity contribution < 1.29 is 0 Å². The molecule has 0 aliphatic carbocycles. The third-order valence-corrected chi connectivity index (χ3v) is 2.80. The maximum Gasteiger partial charge on any atom is 0.224 e. The van der Waals surface area contributed by atoms with E-state index in [1.165, 1.54) is 0 Å². The molecule has 0 fully saturated rings. The Bertz CT molecular complexity index is 508. The van der Waals surface area contributed by atoms with Crippen LogP contribution in [0.3, 0.4) is 0 Å². The molecule has 0 radical (unpaired) electrons. The number of rotatable bonds is 4. The molecule has 17 heavy (non-hydrogen) atoms. The van der Waals surface area contributed by atoms with Gasteiger partial charge in [-0.15, -0.1) is 0 Å². The van der Waals surface area contributed by atoms with Crippen LogP contribution in [-0.2, 0) is 0 Å². The number of halogens is 1. The van der Waals surface area contributed by atoms with Crippen molar-refractivity contribution in [2.75, 3.05) is 11.9 Å². The summed E-state index contributed by atoms with van der Waals surface area (Å²) in [6.45, 7) is 4.96. The minimum Gasteiger partial charge on any atom is -0.354 e. The van der Waals surface area contributed by atoms with Gasteiger partial charge in [0.2, 0.25) is 5.95 Å². The van der Waals surface area contributed by atoms with E-state index in [4.69, 9.17) is 0 Å². The van der Waals surface area contributed by atoms with Crippen molar-refractivity contribution in [3.8, 4) is 5.82 Å². The first-order valence-corrected chi connectivity index (χ1v) is 6.56. The lowest BCUT2D eigenvalue weighted by Crippen LogP contribution is -2.08. The minimum atomic E-state index is 0.651. The Hall–Kier alpha value is -1.18. The van der Waals surface area contributed by atoms with E-state index in [-0.39, 0.29) is 0 Å². The van der Waals surface area contributed by atoms with E-state index in [1.54, 1.807) is 10.9 Å². The first-order chi connectivity index (χ1) is 8.20. The normalized spacial score (nSPS) is 10.5. The summed E-state index contributed by atoms with van der Waals surface area (Å²) >= 11 is 2.23. The van der Waals surface area contributed by atoms with Gasteiger partial charge in [-0.3, -0.25) is 0 Å². The fourth-order valence-electron chi connectivity index (χ4n) is 1.40. The first-order valence-electron chi connectivity index (χ1n) is 5.48. The highest BCUT2D eigenvalue weighted by molar-refractivity contribution is 14.1. The highest BCUT2D eigenvalue weighted by atomic mass is 127. The summed E-state index contributed by atoms with van der Waals surface area (Å²) in [5.74, 6) is 1.47. The molecule has 2 heterocycles. The van der Waals surface area contributed by atoms with Crippen molar-refractivity contribution in [3.05, 3.63) is 27.7 Å². The standard InChI is InChI=1S/C11H14IN5/c1-3-4-13-11-14-5-8(2)10(16-11)17-7-9(12)6-15-17/h5-7H,3-4H2,1-2H3,(H,13,14,16). The molecule has 0 aliphatic rings. The number of hydrogen-bond acceptors (Lipinski definition) is 4. The Kier molecular flexibility index (Phi) is 3.93. The highest BCUT2D eigenvalue weighted by Crippen LogP contribution is 2.13. The fourth-order valence-corrected chi connectivity index (χ4v) is 1.79. The van der Waals surface area contributed by atoms with Gasteiger partial charge in [0, 0.05) is 24.5 Å². The lowest BCUT2D eigenvalue weighted by molar-refractivity contribution is 0.826. The molecule has 0 amide bonds. The molecule has 0 atom stereocenters. The molecule has 6 heteroatoms. The van der Waals surface area contributed by atoms with Gasteiger partial charge in [0.15, 0.2) is 5.82 Å². The van der Waals surface area contributed by atoms with Gasteiger partial charge >= 0.3 is 0 Å². The molecule has 2 rings (SSSR count). The zero-order chi connectivity index (χ0) is 12.3. The quantitative estimate of drug-likeness (QED) is 0.867. The maximum absolute atomic E-state index is 4.47. The molecular weight excluding hydrogens is 329 g/mol. The largest absolute Gasteiger partial charge is 0.354 e. The molecule has 5 nitrogen and oxygen atoms in total. The Morgan fingerprint density at radius 2 is 2.24 bits per heavy atom. The smallest absolute Gasteiger partial charge is 0.224 e. The van der Waals surface area contributed by atoms with Crippen LogP contribution in [0.5, 0.6) is 0 Å². The maximum atomic E-state index is 4.47. The Balaban J connectivity index is 2.32. The van der Waals surface area contributed by atoms with Crippen molar-refractivity contribution in [2.24, 2.45) is 0 Å². The average Bonchev–Trinajstić information content (AvgIpc) is 2.75. The van der Waals surface area contributed by atoms with Gasteiger partial charge in [0.1, 0.15) is 0 Å². The molecule has 0 aromatic carbocycles. The number of aromatic nitrogens is 4. The Morgan fingerprint density at radius 1 is 1.41 bits per heavy atom. The molecule has 0 bridgehead atoms. The molecule has 2 aromatic heterocycles. The molecule has 2 aromatic rings. The van der Waals surface area contributed by atoms with Crippen LogP contribution in [-0.4, -0.2) is 26.3 Å². The van der Waals surface area contributed by atoms with Crippen molar-refractivity contribution in [1.82, 2.24) is 19.7 Å². The number of anilines is 1. The van der Waals surface area contributed by atoms with Gasteiger partial charge in [0.05, 0.1) is 9.77 Å². The fraction of sp³-hybridized carbons (Fsp3) is 0.364. The highest BCUT2D eigenvalue weighted by Gasteiger charge is 2.06. The zero-order valence-corrected chi connectivity index (χ0v) is 12.0. The predicted molar refractivity (Wildman–Crippen MR) is 75.4 cm³/mol. The summed E-state index contributed by atoms with van der Waals surface area (Å²) in [5, 5.41) is 7.43. The Labute approximate surface area is 114 Å². The van der Waals surface area contributed by atoms with E-state index in [0.29, 0.717) is 5.95 Å². The van der Waals surface area contributed by atoms with E-state index >= 15 is 0 Å². The SMILES string of the molecule is CCCNc1ncc(C)c(-n2cc(I)cn2)n1. The second-order valence-corrected chi connectivity index (χ2v) is 4.98. The van der Waals surface area contributed by atoms with Crippen molar-refractivity contribution in [1.29, 1.82) is 0 Å². The van der Waals surface area contributed by atoms with Crippen LogP contribution >= 0.6 is 22.6 Å². The van der Waals surface area contributed by atoms with Gasteiger partial charge in [-0.05, 0) is 35.9 Å². The van der Waals surface area contributed by atoms with Gasteiger partial charge in [-0.1, -0.05) is 6.92 Å². The average molecular weight is 343 g/mol. The van der Waals surface area contributed by atoms with E-state index in [0.717, 1.165) is 27.9 Å². The van der Waals surface area contributed by atoms with Crippen LogP contribution in [0, 0.1) is 10.5 Å². The van der Waals surface area contributed by atoms with Crippen LogP contribution in [0.4, 0.5) is 5.95 Å². The number of nitrogens with one attached hydrogen (secondary N) is 1. The predicted octanol–water partition coefficient (Wildman–Crippen LogP) is 2.40. The zero-order valence-electron chi connectivity index (χ0n) is 9.81. The summed E-state index contributed by atoms with van der Waals surface area (Å²) in [7, 11) is 0. The van der Waals surface area contributed by atoms with E-state index in [9.17, 15) is 0 Å². The number of hydrogen-bond donors (Lipinski definition) is 1. The Morgan fingerprint density at radius 3 is 2.88 bits per heavy atom. The molecule has 0 saturated carbocycles. The lowest BCUT2D eigenvalue weighted by Gasteiger charge is -2.07. The summed E-state index contributed by atoms with van der Waals surface area (Å²) in [4.78, 5) is 8.71. The third kappa shape index (κ3) is 2.93. The summed E-state index contributed by atoms with van der Waals surface area (Å²) < 4.78 is 2.86. The second kappa shape index (κ2) is 5.44. The van der Waals surface area contributed by atoms with E-state index < -0.39 is 0 Å². The summed E-state index contributed by atoms with van der Waals surface area (Å²) in [6.07, 6.45) is 6.61. The van der Waals surface area contributed by atoms with Crippen LogP contribution in [0.1, 0.15) is 18.9 Å². The molecule has 0 spiro atoms. The lowest BCUT2D eigenvalue weighted by atomic mass is 10.3. The van der Waals surface area contributed by atoms with Crippen LogP contribution in [0.15, 0.2) is 18.6 Å². The topological polar surface area (TPSA) is 55.6 Å². The molecule has 90 valence electrons. The number of aryl methyl sites for hydroxylation is 1. The summed E-state index contributed by atoms with van der Waals surface area (Å²) in [6, 6.07) is 0.